The molecule has 4 rings (SSSR count). The second-order valence-electron chi connectivity index (χ2n) is 7.19. The number of ether oxygens (including phenoxy) is 1. The molecule has 2 aliphatic heterocycles. The minimum Gasteiger partial charge on any atom is -0.378 e. The molecule has 1 unspecified atom stereocenters. The molecule has 0 radical (unpaired) electrons. The monoisotopic (exact) mass is 314 g/mol. The van der Waals surface area contributed by atoms with Crippen molar-refractivity contribution in [3.8, 4) is 0 Å². The van der Waals surface area contributed by atoms with Crippen molar-refractivity contribution in [2.45, 2.75) is 38.8 Å². The number of aromatic amines is 1. The van der Waals surface area contributed by atoms with Crippen LogP contribution in [-0.4, -0.2) is 59.8 Å². The van der Waals surface area contributed by atoms with Gasteiger partial charge in [-0.15, -0.1) is 0 Å². The average molecular weight is 314 g/mol. The molecule has 2 aromatic rings. The summed E-state index contributed by atoms with van der Waals surface area (Å²) in [5.41, 5.74) is 3.56. The maximum absolute atomic E-state index is 5.34. The van der Waals surface area contributed by atoms with E-state index >= 15 is 0 Å². The van der Waals surface area contributed by atoms with Crippen molar-refractivity contribution in [3.05, 3.63) is 23.9 Å². The number of nitrogens with zero attached hydrogens (tertiary/aromatic N) is 3. The van der Waals surface area contributed by atoms with Crippen LogP contribution in [0.4, 0.5) is 5.82 Å². The van der Waals surface area contributed by atoms with Gasteiger partial charge in [-0.25, -0.2) is 4.98 Å². The molecule has 2 saturated heterocycles. The summed E-state index contributed by atoms with van der Waals surface area (Å²) in [7, 11) is 0. The van der Waals surface area contributed by atoms with Gasteiger partial charge in [-0.05, 0) is 30.5 Å². The van der Waals surface area contributed by atoms with Crippen molar-refractivity contribution < 1.29 is 4.74 Å². The van der Waals surface area contributed by atoms with Crippen LogP contribution in [-0.2, 0) is 4.74 Å². The number of nitrogens with one attached hydrogen (secondary N) is 1. The number of fused-ring (bicyclic) bond motifs is 1. The molecule has 0 aliphatic carbocycles. The maximum atomic E-state index is 5.34. The molecule has 0 aromatic carbocycles. The van der Waals surface area contributed by atoms with E-state index in [1.807, 2.05) is 0 Å². The van der Waals surface area contributed by atoms with Crippen LogP contribution in [0.25, 0.3) is 11.0 Å². The van der Waals surface area contributed by atoms with Gasteiger partial charge in [0.05, 0.1) is 30.3 Å². The molecule has 0 amide bonds. The number of anilines is 1. The van der Waals surface area contributed by atoms with Gasteiger partial charge in [-0.2, -0.15) is 0 Å². The smallest absolute Gasteiger partial charge is 0.129 e. The van der Waals surface area contributed by atoms with Gasteiger partial charge < -0.3 is 14.6 Å². The van der Waals surface area contributed by atoms with Gasteiger partial charge in [-0.3, -0.25) is 4.90 Å². The lowest BCUT2D eigenvalue weighted by atomic mass is 10.1. The number of piperazine rings is 1. The predicted octanol–water partition coefficient (Wildman–Crippen LogP) is 2.60. The lowest BCUT2D eigenvalue weighted by Gasteiger charge is -2.46. The molecule has 5 heteroatoms. The lowest BCUT2D eigenvalue weighted by Crippen LogP contribution is -2.59. The topological polar surface area (TPSA) is 44.4 Å². The van der Waals surface area contributed by atoms with Gasteiger partial charge in [0, 0.05) is 31.9 Å². The van der Waals surface area contributed by atoms with E-state index in [1.165, 1.54) is 5.56 Å². The number of rotatable bonds is 3. The molecular formula is C18H26N4O. The lowest BCUT2D eigenvalue weighted by molar-refractivity contribution is -0.0691. The molecule has 0 spiro atoms. The highest BCUT2D eigenvalue weighted by Crippen LogP contribution is 2.28. The summed E-state index contributed by atoms with van der Waals surface area (Å²) in [6.07, 6.45) is 2.10. The summed E-state index contributed by atoms with van der Waals surface area (Å²) in [4.78, 5) is 13.4. The van der Waals surface area contributed by atoms with E-state index in [0.717, 1.165) is 49.7 Å². The largest absolute Gasteiger partial charge is 0.378 e. The van der Waals surface area contributed by atoms with Gasteiger partial charge >= 0.3 is 0 Å². The zero-order chi connectivity index (χ0) is 16.0. The third-order valence-electron chi connectivity index (χ3n) is 5.25. The van der Waals surface area contributed by atoms with Crippen LogP contribution < -0.4 is 4.90 Å². The molecule has 0 saturated carbocycles. The van der Waals surface area contributed by atoms with E-state index in [9.17, 15) is 0 Å². The van der Waals surface area contributed by atoms with Crippen LogP contribution in [0.2, 0.25) is 0 Å². The second kappa shape index (κ2) is 5.80. The molecule has 5 nitrogen and oxygen atoms in total. The highest BCUT2D eigenvalue weighted by molar-refractivity contribution is 5.81. The molecule has 1 atom stereocenters. The number of hydrogen-bond donors (Lipinski definition) is 1. The average Bonchev–Trinajstić information content (AvgIpc) is 2.88. The fourth-order valence-corrected chi connectivity index (χ4v) is 3.70. The first-order valence-corrected chi connectivity index (χ1v) is 8.70. The molecule has 2 fully saturated rings. The summed E-state index contributed by atoms with van der Waals surface area (Å²) < 4.78 is 5.34. The van der Waals surface area contributed by atoms with Crippen LogP contribution >= 0.6 is 0 Å². The molecule has 124 valence electrons. The molecular weight excluding hydrogens is 288 g/mol. The summed E-state index contributed by atoms with van der Waals surface area (Å²) >= 11 is 0. The van der Waals surface area contributed by atoms with Crippen LogP contribution in [0, 0.1) is 0 Å². The standard InChI is InChI=1S/C18H26N4O/c1-12(2)15-8-19-16-4-5-17(20-18(15)16)22-7-6-21(9-13(22)3)14-10-23-11-14/h4-5,8,12-14,19H,6-7,9-11H2,1-3H3. The fraction of sp³-hybridized carbons (Fsp3) is 0.611. The van der Waals surface area contributed by atoms with Crippen molar-refractivity contribution in [2.24, 2.45) is 0 Å². The van der Waals surface area contributed by atoms with Crippen molar-refractivity contribution in [2.75, 3.05) is 37.7 Å². The Balaban J connectivity index is 1.57. The van der Waals surface area contributed by atoms with Crippen molar-refractivity contribution in [3.63, 3.8) is 0 Å². The van der Waals surface area contributed by atoms with Crippen molar-refractivity contribution in [1.29, 1.82) is 0 Å². The molecule has 4 heterocycles. The van der Waals surface area contributed by atoms with E-state index in [0.29, 0.717) is 18.0 Å². The van der Waals surface area contributed by atoms with Gasteiger partial charge in [-0.1, -0.05) is 13.8 Å². The predicted molar refractivity (Wildman–Crippen MR) is 93.2 cm³/mol. The van der Waals surface area contributed by atoms with Gasteiger partial charge in [0.2, 0.25) is 0 Å². The normalized spacial score (nSPS) is 23.7. The summed E-state index contributed by atoms with van der Waals surface area (Å²) in [5, 5.41) is 0. The molecule has 1 N–H and O–H groups in total. The van der Waals surface area contributed by atoms with E-state index in [1.54, 1.807) is 0 Å². The third kappa shape index (κ3) is 2.62. The van der Waals surface area contributed by atoms with E-state index in [-0.39, 0.29) is 0 Å². The second-order valence-corrected chi connectivity index (χ2v) is 7.19. The maximum Gasteiger partial charge on any atom is 0.129 e. The number of hydrogen-bond acceptors (Lipinski definition) is 4. The van der Waals surface area contributed by atoms with Gasteiger partial charge in [0.15, 0.2) is 0 Å². The Bertz CT molecular complexity index is 691. The Labute approximate surface area is 137 Å². The fourth-order valence-electron chi connectivity index (χ4n) is 3.70. The molecule has 0 bridgehead atoms. The highest BCUT2D eigenvalue weighted by atomic mass is 16.5. The highest BCUT2D eigenvalue weighted by Gasteiger charge is 2.32. The summed E-state index contributed by atoms with van der Waals surface area (Å²) in [6.45, 7) is 11.8. The Morgan fingerprint density at radius 1 is 1.26 bits per heavy atom. The summed E-state index contributed by atoms with van der Waals surface area (Å²) in [5.74, 6) is 1.59. The van der Waals surface area contributed by atoms with E-state index in [4.69, 9.17) is 9.72 Å². The molecule has 2 aromatic heterocycles. The first-order valence-electron chi connectivity index (χ1n) is 8.70. The van der Waals surface area contributed by atoms with Crippen LogP contribution in [0.5, 0.6) is 0 Å². The Morgan fingerprint density at radius 2 is 2.09 bits per heavy atom. The Hall–Kier alpha value is -1.59. The number of aromatic nitrogens is 2. The zero-order valence-electron chi connectivity index (χ0n) is 14.2. The third-order valence-corrected chi connectivity index (χ3v) is 5.25. The quantitative estimate of drug-likeness (QED) is 0.946. The molecule has 23 heavy (non-hydrogen) atoms. The van der Waals surface area contributed by atoms with E-state index < -0.39 is 0 Å². The first-order chi connectivity index (χ1) is 11.1. The van der Waals surface area contributed by atoms with Gasteiger partial charge in [0.25, 0.3) is 0 Å². The minimum atomic E-state index is 0.482. The number of pyridine rings is 1. The summed E-state index contributed by atoms with van der Waals surface area (Å²) in [6, 6.07) is 5.44. The zero-order valence-corrected chi connectivity index (χ0v) is 14.2. The van der Waals surface area contributed by atoms with Gasteiger partial charge in [0.1, 0.15) is 5.82 Å². The molecule has 2 aliphatic rings. The van der Waals surface area contributed by atoms with Crippen LogP contribution in [0.15, 0.2) is 18.3 Å². The first kappa shape index (κ1) is 15.0. The van der Waals surface area contributed by atoms with Crippen molar-refractivity contribution in [1.82, 2.24) is 14.9 Å². The van der Waals surface area contributed by atoms with Crippen molar-refractivity contribution >= 4 is 16.9 Å². The Morgan fingerprint density at radius 3 is 2.74 bits per heavy atom. The SMILES string of the molecule is CC(C)c1c[nH]c2ccc(N3CCN(C4COC4)CC3C)nc12. The minimum absolute atomic E-state index is 0.482. The van der Waals surface area contributed by atoms with Crippen LogP contribution in [0.1, 0.15) is 32.3 Å². The van der Waals surface area contributed by atoms with E-state index in [2.05, 4.69) is 53.9 Å². The Kier molecular flexibility index (Phi) is 3.77. The van der Waals surface area contributed by atoms with Crippen LogP contribution in [0.3, 0.4) is 0 Å². The number of H-pyrrole nitrogens is 1.